The SMILES string of the molecule is CCOc1ccc(C(N)c2ccncc2C)cc1OCC. The molecule has 112 valence electrons. The first kappa shape index (κ1) is 15.3. The van der Waals surface area contributed by atoms with Crippen LogP contribution < -0.4 is 15.2 Å². The van der Waals surface area contributed by atoms with Gasteiger partial charge in [-0.3, -0.25) is 4.98 Å². The van der Waals surface area contributed by atoms with E-state index in [-0.39, 0.29) is 6.04 Å². The number of nitrogens with zero attached hydrogens (tertiary/aromatic N) is 1. The Kier molecular flexibility index (Phi) is 5.17. The quantitative estimate of drug-likeness (QED) is 0.885. The highest BCUT2D eigenvalue weighted by molar-refractivity contribution is 5.46. The third-order valence-corrected chi connectivity index (χ3v) is 3.33. The van der Waals surface area contributed by atoms with E-state index in [4.69, 9.17) is 15.2 Å². The van der Waals surface area contributed by atoms with E-state index >= 15 is 0 Å². The smallest absolute Gasteiger partial charge is 0.161 e. The van der Waals surface area contributed by atoms with Gasteiger partial charge in [0.25, 0.3) is 0 Å². The summed E-state index contributed by atoms with van der Waals surface area (Å²) in [7, 11) is 0. The van der Waals surface area contributed by atoms with Gasteiger partial charge in [0.2, 0.25) is 0 Å². The van der Waals surface area contributed by atoms with E-state index in [0.29, 0.717) is 13.2 Å². The molecule has 1 heterocycles. The number of pyridine rings is 1. The number of benzene rings is 1. The first-order valence-corrected chi connectivity index (χ1v) is 7.23. The number of hydrogen-bond donors (Lipinski definition) is 1. The second-order valence-corrected chi connectivity index (χ2v) is 4.78. The van der Waals surface area contributed by atoms with Crippen LogP contribution in [0, 0.1) is 6.92 Å². The van der Waals surface area contributed by atoms with Gasteiger partial charge >= 0.3 is 0 Å². The molecule has 1 unspecified atom stereocenters. The topological polar surface area (TPSA) is 57.4 Å². The molecule has 4 nitrogen and oxygen atoms in total. The fourth-order valence-electron chi connectivity index (χ4n) is 2.27. The maximum atomic E-state index is 6.38. The second kappa shape index (κ2) is 7.09. The number of aromatic nitrogens is 1. The normalized spacial score (nSPS) is 12.0. The minimum absolute atomic E-state index is 0.206. The molecule has 0 bridgehead atoms. The maximum absolute atomic E-state index is 6.38. The largest absolute Gasteiger partial charge is 0.490 e. The molecule has 1 aromatic heterocycles. The van der Waals surface area contributed by atoms with Crippen LogP contribution in [-0.4, -0.2) is 18.2 Å². The fourth-order valence-corrected chi connectivity index (χ4v) is 2.27. The zero-order valence-electron chi connectivity index (χ0n) is 12.8. The summed E-state index contributed by atoms with van der Waals surface area (Å²) in [6, 6.07) is 7.61. The van der Waals surface area contributed by atoms with Crippen molar-refractivity contribution < 1.29 is 9.47 Å². The lowest BCUT2D eigenvalue weighted by molar-refractivity contribution is 0.287. The molecule has 2 rings (SSSR count). The van der Waals surface area contributed by atoms with Crippen LogP contribution in [0.3, 0.4) is 0 Å². The Bertz CT molecular complexity index is 599. The Hall–Kier alpha value is -2.07. The lowest BCUT2D eigenvalue weighted by atomic mass is 9.97. The average molecular weight is 286 g/mol. The Morgan fingerprint density at radius 3 is 2.48 bits per heavy atom. The molecule has 0 fully saturated rings. The van der Waals surface area contributed by atoms with Gasteiger partial charge in [0, 0.05) is 12.4 Å². The lowest BCUT2D eigenvalue weighted by Crippen LogP contribution is -2.14. The Morgan fingerprint density at radius 1 is 1.10 bits per heavy atom. The molecular weight excluding hydrogens is 264 g/mol. The van der Waals surface area contributed by atoms with Crippen molar-refractivity contribution in [3.63, 3.8) is 0 Å². The molecule has 4 heteroatoms. The molecule has 1 aromatic carbocycles. The van der Waals surface area contributed by atoms with Crippen molar-refractivity contribution in [3.05, 3.63) is 53.3 Å². The van der Waals surface area contributed by atoms with Gasteiger partial charge in [0.05, 0.1) is 19.3 Å². The zero-order valence-corrected chi connectivity index (χ0v) is 12.8. The predicted molar refractivity (Wildman–Crippen MR) is 83.8 cm³/mol. The molecule has 0 amide bonds. The standard InChI is InChI=1S/C17H22N2O2/c1-4-20-15-7-6-13(10-16(15)21-5-2)17(18)14-8-9-19-11-12(14)3/h6-11,17H,4-5,18H2,1-3H3. The van der Waals surface area contributed by atoms with Crippen LogP contribution in [-0.2, 0) is 0 Å². The molecule has 0 saturated heterocycles. The second-order valence-electron chi connectivity index (χ2n) is 4.78. The highest BCUT2D eigenvalue weighted by atomic mass is 16.5. The number of ether oxygens (including phenoxy) is 2. The highest BCUT2D eigenvalue weighted by Crippen LogP contribution is 2.32. The molecule has 0 aliphatic heterocycles. The summed E-state index contributed by atoms with van der Waals surface area (Å²) < 4.78 is 11.2. The number of nitrogens with two attached hydrogens (primary N) is 1. The third-order valence-electron chi connectivity index (χ3n) is 3.33. The van der Waals surface area contributed by atoms with Crippen LogP contribution in [0.25, 0.3) is 0 Å². The minimum atomic E-state index is -0.206. The van der Waals surface area contributed by atoms with Gasteiger partial charge < -0.3 is 15.2 Å². The molecule has 0 saturated carbocycles. The van der Waals surface area contributed by atoms with Crippen molar-refractivity contribution in [1.82, 2.24) is 4.98 Å². The van der Waals surface area contributed by atoms with Gasteiger partial charge in [0.15, 0.2) is 11.5 Å². The van der Waals surface area contributed by atoms with E-state index < -0.39 is 0 Å². The van der Waals surface area contributed by atoms with Crippen molar-refractivity contribution in [2.45, 2.75) is 26.8 Å². The van der Waals surface area contributed by atoms with Crippen LogP contribution in [0.1, 0.15) is 36.6 Å². The van der Waals surface area contributed by atoms with Gasteiger partial charge in [-0.2, -0.15) is 0 Å². The number of hydrogen-bond acceptors (Lipinski definition) is 4. The third kappa shape index (κ3) is 3.52. The van der Waals surface area contributed by atoms with E-state index in [1.54, 1.807) is 6.20 Å². The van der Waals surface area contributed by atoms with Gasteiger partial charge in [-0.1, -0.05) is 6.07 Å². The molecule has 2 aromatic rings. The maximum Gasteiger partial charge on any atom is 0.161 e. The van der Waals surface area contributed by atoms with Crippen LogP contribution >= 0.6 is 0 Å². The average Bonchev–Trinajstić information content (AvgIpc) is 2.49. The first-order chi connectivity index (χ1) is 10.2. The summed E-state index contributed by atoms with van der Waals surface area (Å²) in [6.07, 6.45) is 3.59. The van der Waals surface area contributed by atoms with Crippen LogP contribution in [0.15, 0.2) is 36.7 Å². The van der Waals surface area contributed by atoms with Crippen LogP contribution in [0.2, 0.25) is 0 Å². The van der Waals surface area contributed by atoms with Crippen LogP contribution in [0.5, 0.6) is 11.5 Å². The molecule has 0 aliphatic rings. The van der Waals surface area contributed by atoms with Crippen molar-refractivity contribution in [1.29, 1.82) is 0 Å². The fraction of sp³-hybridized carbons (Fsp3) is 0.353. The number of aryl methyl sites for hydroxylation is 1. The summed E-state index contributed by atoms with van der Waals surface area (Å²) >= 11 is 0. The lowest BCUT2D eigenvalue weighted by Gasteiger charge is -2.17. The van der Waals surface area contributed by atoms with E-state index in [0.717, 1.165) is 28.2 Å². The predicted octanol–water partition coefficient (Wildman–Crippen LogP) is 3.24. The summed E-state index contributed by atoms with van der Waals surface area (Å²) in [4.78, 5) is 4.11. The van der Waals surface area contributed by atoms with Crippen molar-refractivity contribution in [2.75, 3.05) is 13.2 Å². The van der Waals surface area contributed by atoms with Crippen molar-refractivity contribution in [3.8, 4) is 11.5 Å². The molecule has 21 heavy (non-hydrogen) atoms. The molecule has 0 spiro atoms. The molecule has 2 N–H and O–H groups in total. The van der Waals surface area contributed by atoms with Crippen molar-refractivity contribution >= 4 is 0 Å². The summed E-state index contributed by atoms with van der Waals surface area (Å²) in [6.45, 7) is 7.12. The molecular formula is C17H22N2O2. The Morgan fingerprint density at radius 2 is 1.81 bits per heavy atom. The monoisotopic (exact) mass is 286 g/mol. The summed E-state index contributed by atoms with van der Waals surface area (Å²) in [5.41, 5.74) is 9.53. The first-order valence-electron chi connectivity index (χ1n) is 7.23. The van der Waals surface area contributed by atoms with Crippen LogP contribution in [0.4, 0.5) is 0 Å². The van der Waals surface area contributed by atoms with Gasteiger partial charge in [-0.05, 0) is 55.7 Å². The molecule has 1 atom stereocenters. The van der Waals surface area contributed by atoms with E-state index in [2.05, 4.69) is 4.98 Å². The van der Waals surface area contributed by atoms with Gasteiger partial charge in [-0.25, -0.2) is 0 Å². The van der Waals surface area contributed by atoms with Crippen molar-refractivity contribution in [2.24, 2.45) is 5.73 Å². The van der Waals surface area contributed by atoms with E-state index in [1.165, 1.54) is 0 Å². The summed E-state index contributed by atoms with van der Waals surface area (Å²) in [5, 5.41) is 0. The Balaban J connectivity index is 2.35. The van der Waals surface area contributed by atoms with E-state index in [9.17, 15) is 0 Å². The summed E-state index contributed by atoms with van der Waals surface area (Å²) in [5.74, 6) is 1.49. The Labute approximate surface area is 125 Å². The van der Waals surface area contributed by atoms with Gasteiger partial charge in [0.1, 0.15) is 0 Å². The van der Waals surface area contributed by atoms with Gasteiger partial charge in [-0.15, -0.1) is 0 Å². The molecule has 0 radical (unpaired) electrons. The molecule has 0 aliphatic carbocycles. The number of rotatable bonds is 6. The highest BCUT2D eigenvalue weighted by Gasteiger charge is 2.14. The zero-order chi connectivity index (χ0) is 15.2. The minimum Gasteiger partial charge on any atom is -0.490 e. The van der Waals surface area contributed by atoms with E-state index in [1.807, 2.05) is 51.2 Å².